The van der Waals surface area contributed by atoms with E-state index in [1.54, 1.807) is 10.3 Å². The summed E-state index contributed by atoms with van der Waals surface area (Å²) in [5.41, 5.74) is 2.71. The molecule has 2 aromatic rings. The van der Waals surface area contributed by atoms with Gasteiger partial charge < -0.3 is 0 Å². The Hall–Kier alpha value is -0.730. The molecule has 0 fully saturated rings. The molecule has 0 aliphatic heterocycles. The molecule has 0 bridgehead atoms. The minimum Gasteiger partial charge on any atom is -0.0622 e. The fraction of sp³-hybridized carbons (Fsp3) is 0.100. The minimum absolute atomic E-state index is 1.33. The Morgan fingerprint density at radius 1 is 1.17 bits per heavy atom. The van der Waals surface area contributed by atoms with Gasteiger partial charge in [-0.3, -0.25) is 0 Å². The van der Waals surface area contributed by atoms with Gasteiger partial charge in [0.25, 0.3) is 10.3 Å². The van der Waals surface area contributed by atoms with Gasteiger partial charge in [-0.2, -0.15) is 0 Å². The third kappa shape index (κ3) is 1.40. The molecule has 2 rings (SSSR count). The molecule has 1 aromatic heterocycles. The molecule has 1 aromatic carbocycles. The normalized spacial score (nSPS) is 10.1. The van der Waals surface area contributed by atoms with Crippen molar-refractivity contribution in [2.24, 2.45) is 0 Å². The van der Waals surface area contributed by atoms with Crippen LogP contribution in [0.3, 0.4) is 0 Å². The van der Waals surface area contributed by atoms with Crippen LogP contribution in [0.2, 0.25) is 0 Å². The molecule has 0 aliphatic carbocycles. The van der Waals surface area contributed by atoms with E-state index in [0.717, 1.165) is 0 Å². The van der Waals surface area contributed by atoms with Gasteiger partial charge in [0.2, 0.25) is 5.38 Å². The average molecular weight is 193 g/mol. The van der Waals surface area contributed by atoms with Crippen LogP contribution in [0.25, 0.3) is 11.1 Å². The smallest absolute Gasteiger partial charge is 0.0622 e. The van der Waals surface area contributed by atoms with Gasteiger partial charge in [-0.25, -0.2) is 0 Å². The molecular weight excluding hydrogens is 184 g/mol. The van der Waals surface area contributed by atoms with E-state index in [1.807, 2.05) is 10.3 Å². The third-order valence-electron chi connectivity index (χ3n) is 1.80. The van der Waals surface area contributed by atoms with Crippen molar-refractivity contribution in [3.05, 3.63) is 40.6 Å². The third-order valence-corrected chi connectivity index (χ3v) is 4.03. The van der Waals surface area contributed by atoms with Gasteiger partial charge in [-0.05, 0) is 12.5 Å². The second kappa shape index (κ2) is 3.33. The zero-order valence-electron chi connectivity index (χ0n) is 6.78. The van der Waals surface area contributed by atoms with Crippen LogP contribution < -0.4 is 0 Å². The first-order chi connectivity index (χ1) is 5.88. The molecule has 0 atom stereocenters. The maximum atomic E-state index is 2.22. The zero-order chi connectivity index (χ0) is 8.39. The summed E-state index contributed by atoms with van der Waals surface area (Å²) >= 11 is 0. The first-order valence-corrected chi connectivity index (χ1v) is 6.02. The Labute approximate surface area is 79.5 Å². The molecule has 0 N–H and O–H groups in total. The van der Waals surface area contributed by atoms with E-state index < -0.39 is 0 Å². The van der Waals surface area contributed by atoms with Crippen molar-refractivity contribution in [3.8, 4) is 11.1 Å². The Kier molecular flexibility index (Phi) is 2.19. The van der Waals surface area contributed by atoms with E-state index in [1.165, 1.54) is 16.0 Å². The van der Waals surface area contributed by atoms with Crippen molar-refractivity contribution in [1.82, 2.24) is 0 Å². The Morgan fingerprint density at radius 2 is 1.92 bits per heavy atom. The highest BCUT2D eigenvalue weighted by Gasteiger charge is 2.09. The minimum atomic E-state index is 1.33. The van der Waals surface area contributed by atoms with Crippen LogP contribution in [-0.2, 0) is 0 Å². The number of aryl methyl sites for hydroxylation is 1. The highest BCUT2D eigenvalue weighted by atomic mass is 32.9. The maximum absolute atomic E-state index is 2.22. The van der Waals surface area contributed by atoms with Crippen LogP contribution in [-0.4, -0.2) is 0 Å². The van der Waals surface area contributed by atoms with Gasteiger partial charge in [0, 0.05) is 0 Å². The maximum Gasteiger partial charge on any atom is 0.292 e. The van der Waals surface area contributed by atoms with E-state index in [0.29, 0.717) is 0 Å². The number of rotatable bonds is 1. The van der Waals surface area contributed by atoms with Gasteiger partial charge in [0.15, 0.2) is 10.3 Å². The lowest BCUT2D eigenvalue weighted by Crippen LogP contribution is -1.73. The van der Waals surface area contributed by atoms with Crippen LogP contribution in [0.4, 0.5) is 0 Å². The summed E-state index contributed by atoms with van der Waals surface area (Å²) in [5, 5.41) is 2.22. The Morgan fingerprint density at radius 3 is 2.50 bits per heavy atom. The summed E-state index contributed by atoms with van der Waals surface area (Å²) in [5.74, 6) is 0. The van der Waals surface area contributed by atoms with Crippen molar-refractivity contribution in [2.45, 2.75) is 6.92 Å². The van der Waals surface area contributed by atoms with Crippen molar-refractivity contribution in [3.63, 3.8) is 0 Å². The summed E-state index contributed by atoms with van der Waals surface area (Å²) in [6.07, 6.45) is 0. The second-order valence-electron chi connectivity index (χ2n) is 2.63. The zero-order valence-corrected chi connectivity index (χ0v) is 8.41. The topological polar surface area (TPSA) is 0 Å². The molecule has 0 saturated carbocycles. The fourth-order valence-corrected chi connectivity index (χ4v) is 3.24. The number of benzene rings is 1. The molecule has 1 heterocycles. The summed E-state index contributed by atoms with van der Waals surface area (Å²) in [7, 11) is 3.64. The molecule has 0 nitrogen and oxygen atoms in total. The molecule has 12 heavy (non-hydrogen) atoms. The lowest BCUT2D eigenvalue weighted by Gasteiger charge is -1.93. The molecule has 0 aliphatic rings. The Bertz CT molecular complexity index is 362. The van der Waals surface area contributed by atoms with Gasteiger partial charge in [0.1, 0.15) is 0 Å². The molecule has 2 heteroatoms. The van der Waals surface area contributed by atoms with Crippen LogP contribution in [0.15, 0.2) is 35.7 Å². The summed E-state index contributed by atoms with van der Waals surface area (Å²) < 4.78 is 0. The lowest BCUT2D eigenvalue weighted by molar-refractivity contribution is 1.59. The highest BCUT2D eigenvalue weighted by Crippen LogP contribution is 2.30. The van der Waals surface area contributed by atoms with Crippen molar-refractivity contribution >= 4 is 20.7 Å². The first-order valence-electron chi connectivity index (χ1n) is 3.81. The second-order valence-corrected chi connectivity index (χ2v) is 4.92. The van der Waals surface area contributed by atoms with Crippen molar-refractivity contribution in [2.75, 3.05) is 0 Å². The van der Waals surface area contributed by atoms with Crippen molar-refractivity contribution < 1.29 is 0 Å². The van der Waals surface area contributed by atoms with Crippen LogP contribution >= 0.6 is 20.7 Å². The van der Waals surface area contributed by atoms with Gasteiger partial charge in [-0.15, -0.1) is 0 Å². The van der Waals surface area contributed by atoms with Gasteiger partial charge in [0.05, 0.1) is 10.4 Å². The first kappa shape index (κ1) is 7.90. The predicted octanol–water partition coefficient (Wildman–Crippen LogP) is 4.07. The van der Waals surface area contributed by atoms with Crippen LogP contribution in [0, 0.1) is 6.92 Å². The molecule has 0 spiro atoms. The van der Waals surface area contributed by atoms with Crippen LogP contribution in [0.5, 0.6) is 0 Å². The SMILES string of the molecule is Cc1s[s+]cc1-c1ccccc1. The van der Waals surface area contributed by atoms with E-state index in [-0.39, 0.29) is 0 Å². The highest BCUT2D eigenvalue weighted by molar-refractivity contribution is 7.69. The molecule has 0 unspecified atom stereocenters. The average Bonchev–Trinajstić information content (AvgIpc) is 2.53. The summed E-state index contributed by atoms with van der Waals surface area (Å²) in [6.45, 7) is 2.17. The van der Waals surface area contributed by atoms with E-state index in [4.69, 9.17) is 0 Å². The standard InChI is InChI=1S/C10H9S2/c1-8-10(7-11-12-8)9-5-3-2-4-6-9/h2-7H,1H3/q+1. The fourth-order valence-electron chi connectivity index (χ4n) is 1.16. The molecular formula is C10H9S2+. The van der Waals surface area contributed by atoms with Crippen molar-refractivity contribution in [1.29, 1.82) is 0 Å². The van der Waals surface area contributed by atoms with Gasteiger partial charge >= 0.3 is 0 Å². The van der Waals surface area contributed by atoms with E-state index in [9.17, 15) is 0 Å². The summed E-state index contributed by atoms with van der Waals surface area (Å²) in [6, 6.07) is 10.5. The Balaban J connectivity index is 2.51. The largest absolute Gasteiger partial charge is 0.292 e. The predicted molar refractivity (Wildman–Crippen MR) is 56.8 cm³/mol. The quantitative estimate of drug-likeness (QED) is 0.473. The summed E-state index contributed by atoms with van der Waals surface area (Å²) in [4.78, 5) is 1.41. The van der Waals surface area contributed by atoms with Crippen LogP contribution in [0.1, 0.15) is 4.88 Å². The van der Waals surface area contributed by atoms with E-state index >= 15 is 0 Å². The number of hydrogen-bond donors (Lipinski definition) is 0. The molecule has 0 radical (unpaired) electrons. The van der Waals surface area contributed by atoms with E-state index in [2.05, 4.69) is 42.6 Å². The van der Waals surface area contributed by atoms with Gasteiger partial charge in [-0.1, -0.05) is 30.3 Å². The number of hydrogen-bond acceptors (Lipinski definition) is 1. The monoisotopic (exact) mass is 193 g/mol. The molecule has 60 valence electrons. The lowest BCUT2D eigenvalue weighted by atomic mass is 10.1. The molecule has 0 amide bonds. The molecule has 0 saturated heterocycles.